The minimum Gasteiger partial charge on any atom is -0.384 e. The second kappa shape index (κ2) is 3.33. The summed E-state index contributed by atoms with van der Waals surface area (Å²) in [5.41, 5.74) is 1.77. The zero-order valence-electron chi connectivity index (χ0n) is 7.71. The van der Waals surface area contributed by atoms with Crippen molar-refractivity contribution in [1.82, 2.24) is 0 Å². The van der Waals surface area contributed by atoms with Crippen LogP contribution in [0.3, 0.4) is 0 Å². The van der Waals surface area contributed by atoms with E-state index in [0.717, 1.165) is 17.8 Å². The Morgan fingerprint density at radius 3 is 3.00 bits per heavy atom. The molecule has 1 aromatic carbocycles. The Morgan fingerprint density at radius 1 is 1.64 bits per heavy atom. The molecule has 2 unspecified atom stereocenters. The van der Waals surface area contributed by atoms with E-state index in [1.54, 1.807) is 0 Å². The van der Waals surface area contributed by atoms with Crippen molar-refractivity contribution < 1.29 is 8.60 Å². The predicted molar refractivity (Wildman–Crippen MR) is 53.9 cm³/mol. The van der Waals surface area contributed by atoms with E-state index in [2.05, 4.69) is 5.32 Å². The molecule has 1 heterocycles. The van der Waals surface area contributed by atoms with Crippen LogP contribution in [0.2, 0.25) is 0 Å². The lowest BCUT2D eigenvalue weighted by Gasteiger charge is -2.05. The van der Waals surface area contributed by atoms with Gasteiger partial charge in [0.1, 0.15) is 16.8 Å². The fraction of sp³-hybridized carbons (Fsp3) is 0.333. The van der Waals surface area contributed by atoms with Crippen molar-refractivity contribution in [2.45, 2.75) is 17.7 Å². The number of anilines is 1. The third kappa shape index (κ3) is 1.42. The third-order valence-corrected chi connectivity index (χ3v) is 3.20. The minimum absolute atomic E-state index is 0.0605. The molecule has 0 amide bonds. The van der Waals surface area contributed by atoms with Gasteiger partial charge >= 0.3 is 0 Å². The van der Waals surface area contributed by atoms with Crippen LogP contribution in [0.4, 0.5) is 10.1 Å². The van der Waals surface area contributed by atoms with E-state index >= 15 is 0 Å². The highest BCUT2D eigenvalue weighted by Crippen LogP contribution is 2.33. The highest BCUT2D eigenvalue weighted by Gasteiger charge is 2.21. The van der Waals surface area contributed by atoms with Crippen LogP contribution in [0.1, 0.15) is 18.4 Å². The number of rotatable bonds is 1. The number of hydrogen-bond donors (Lipinski definition) is 2. The van der Waals surface area contributed by atoms with Crippen molar-refractivity contribution in [3.05, 3.63) is 23.5 Å². The molecule has 2 atom stereocenters. The van der Waals surface area contributed by atoms with Crippen LogP contribution < -0.4 is 10.5 Å². The van der Waals surface area contributed by atoms with Crippen molar-refractivity contribution in [3.63, 3.8) is 0 Å². The van der Waals surface area contributed by atoms with E-state index in [4.69, 9.17) is 5.14 Å². The average molecular weight is 214 g/mol. The lowest BCUT2D eigenvalue weighted by atomic mass is 10.0. The van der Waals surface area contributed by atoms with Crippen molar-refractivity contribution in [3.8, 4) is 0 Å². The Kier molecular flexibility index (Phi) is 2.28. The molecule has 3 nitrogen and oxygen atoms in total. The molecule has 0 saturated heterocycles. The minimum atomic E-state index is -1.76. The Labute approximate surface area is 84.1 Å². The van der Waals surface area contributed by atoms with E-state index in [0.29, 0.717) is 5.92 Å². The van der Waals surface area contributed by atoms with Gasteiger partial charge in [0.05, 0.1) is 4.90 Å². The molecular weight excluding hydrogens is 203 g/mol. The van der Waals surface area contributed by atoms with Gasteiger partial charge in [0.15, 0.2) is 0 Å². The number of nitrogens with one attached hydrogen (secondary N) is 1. The molecule has 0 aliphatic carbocycles. The molecule has 76 valence electrons. The maximum absolute atomic E-state index is 13.4. The van der Waals surface area contributed by atoms with Gasteiger partial charge in [-0.2, -0.15) is 0 Å². The molecule has 1 aromatic rings. The monoisotopic (exact) mass is 214 g/mol. The molecule has 0 spiro atoms. The summed E-state index contributed by atoms with van der Waals surface area (Å²) in [5, 5.41) is 8.26. The van der Waals surface area contributed by atoms with Gasteiger partial charge in [-0.1, -0.05) is 6.92 Å². The summed E-state index contributed by atoms with van der Waals surface area (Å²) in [6.07, 6.45) is 0. The molecule has 5 heteroatoms. The van der Waals surface area contributed by atoms with Gasteiger partial charge in [-0.3, -0.25) is 0 Å². The highest BCUT2D eigenvalue weighted by molar-refractivity contribution is 7.82. The van der Waals surface area contributed by atoms with Crippen LogP contribution in [0.5, 0.6) is 0 Å². The molecular formula is C9H11FN2OS. The van der Waals surface area contributed by atoms with E-state index in [-0.39, 0.29) is 4.90 Å². The highest BCUT2D eigenvalue weighted by atomic mass is 32.2. The molecule has 0 saturated carbocycles. The average Bonchev–Trinajstić information content (AvgIpc) is 2.46. The summed E-state index contributed by atoms with van der Waals surface area (Å²) < 4.78 is 24.3. The number of benzene rings is 1. The lowest BCUT2D eigenvalue weighted by Crippen LogP contribution is -2.06. The largest absolute Gasteiger partial charge is 0.384 e. The van der Waals surface area contributed by atoms with Crippen LogP contribution in [0.25, 0.3) is 0 Å². The quantitative estimate of drug-likeness (QED) is 0.741. The van der Waals surface area contributed by atoms with E-state index in [1.807, 2.05) is 6.92 Å². The normalized spacial score (nSPS) is 21.5. The SMILES string of the molecule is CC1CNc2cc(S(N)=O)c(F)cc21. The first kappa shape index (κ1) is 9.61. The van der Waals surface area contributed by atoms with Gasteiger partial charge in [0, 0.05) is 18.2 Å². The van der Waals surface area contributed by atoms with Crippen molar-refractivity contribution in [2.24, 2.45) is 5.14 Å². The van der Waals surface area contributed by atoms with Crippen molar-refractivity contribution in [1.29, 1.82) is 0 Å². The molecule has 1 aliphatic rings. The second-order valence-corrected chi connectivity index (χ2v) is 4.48. The van der Waals surface area contributed by atoms with Gasteiger partial charge in [0.25, 0.3) is 0 Å². The van der Waals surface area contributed by atoms with Crippen LogP contribution >= 0.6 is 0 Å². The van der Waals surface area contributed by atoms with Gasteiger partial charge in [-0.05, 0) is 17.7 Å². The zero-order valence-corrected chi connectivity index (χ0v) is 8.53. The molecule has 14 heavy (non-hydrogen) atoms. The van der Waals surface area contributed by atoms with Crippen molar-refractivity contribution in [2.75, 3.05) is 11.9 Å². The van der Waals surface area contributed by atoms with Crippen LogP contribution in [-0.4, -0.2) is 10.8 Å². The Balaban J connectivity index is 2.55. The fourth-order valence-electron chi connectivity index (χ4n) is 1.66. The molecule has 2 rings (SSSR count). The van der Waals surface area contributed by atoms with Crippen LogP contribution in [-0.2, 0) is 11.0 Å². The molecule has 0 bridgehead atoms. The molecule has 0 aromatic heterocycles. The van der Waals surface area contributed by atoms with Crippen LogP contribution in [0.15, 0.2) is 17.0 Å². The summed E-state index contributed by atoms with van der Waals surface area (Å²) in [6.45, 7) is 2.80. The van der Waals surface area contributed by atoms with Gasteiger partial charge in [-0.25, -0.2) is 13.7 Å². The number of hydrogen-bond acceptors (Lipinski definition) is 2. The van der Waals surface area contributed by atoms with Crippen molar-refractivity contribution >= 4 is 16.7 Å². The Hall–Kier alpha value is -0.940. The first-order valence-electron chi connectivity index (χ1n) is 4.33. The molecule has 0 radical (unpaired) electrons. The van der Waals surface area contributed by atoms with E-state index < -0.39 is 16.8 Å². The smallest absolute Gasteiger partial charge is 0.141 e. The number of nitrogens with two attached hydrogens (primary N) is 1. The first-order chi connectivity index (χ1) is 6.59. The Bertz CT molecular complexity index is 408. The third-order valence-electron chi connectivity index (χ3n) is 2.45. The summed E-state index contributed by atoms with van der Waals surface area (Å²) >= 11 is 0. The number of fused-ring (bicyclic) bond motifs is 1. The van der Waals surface area contributed by atoms with E-state index in [1.165, 1.54) is 12.1 Å². The lowest BCUT2D eigenvalue weighted by molar-refractivity contribution is 0.593. The predicted octanol–water partition coefficient (Wildman–Crippen LogP) is 1.34. The topological polar surface area (TPSA) is 55.1 Å². The first-order valence-corrected chi connectivity index (χ1v) is 5.54. The van der Waals surface area contributed by atoms with Gasteiger partial charge < -0.3 is 5.32 Å². The molecule has 0 fully saturated rings. The fourth-order valence-corrected chi connectivity index (χ4v) is 2.14. The summed E-state index contributed by atoms with van der Waals surface area (Å²) in [6, 6.07) is 2.95. The molecule has 1 aliphatic heterocycles. The molecule has 3 N–H and O–H groups in total. The summed E-state index contributed by atoms with van der Waals surface area (Å²) in [5.74, 6) is -0.195. The summed E-state index contributed by atoms with van der Waals surface area (Å²) in [4.78, 5) is 0.0605. The summed E-state index contributed by atoms with van der Waals surface area (Å²) in [7, 11) is -1.76. The van der Waals surface area contributed by atoms with E-state index in [9.17, 15) is 8.60 Å². The number of halogens is 1. The maximum Gasteiger partial charge on any atom is 0.141 e. The maximum atomic E-state index is 13.4. The van der Waals surface area contributed by atoms with Gasteiger partial charge in [0.2, 0.25) is 0 Å². The Morgan fingerprint density at radius 2 is 2.36 bits per heavy atom. The standard InChI is InChI=1S/C9H11FN2OS/c1-5-4-12-8-3-9(14(11)13)7(10)2-6(5)8/h2-3,5,12H,4,11H2,1H3. The van der Waals surface area contributed by atoms with Crippen LogP contribution in [0, 0.1) is 5.82 Å². The zero-order chi connectivity index (χ0) is 10.3. The van der Waals surface area contributed by atoms with Gasteiger partial charge in [-0.15, -0.1) is 0 Å². The second-order valence-electron chi connectivity index (χ2n) is 3.45.